The highest BCUT2D eigenvalue weighted by molar-refractivity contribution is 7.89. The smallest absolute Gasteiger partial charge is 0.264 e. The number of benzene rings is 1. The van der Waals surface area contributed by atoms with Gasteiger partial charge in [-0.25, -0.2) is 26.0 Å². The van der Waals surface area contributed by atoms with Crippen molar-refractivity contribution in [3.05, 3.63) is 41.6 Å². The molecule has 1 saturated heterocycles. The van der Waals surface area contributed by atoms with Crippen molar-refractivity contribution in [2.45, 2.75) is 55.0 Å². The minimum atomic E-state index is -3.85. The number of nitrogens with zero attached hydrogens (tertiary/aromatic N) is 5. The number of aryl methyl sites for hydroxylation is 1. The minimum absolute atomic E-state index is 0. The van der Waals surface area contributed by atoms with Crippen LogP contribution in [0.1, 0.15) is 48.9 Å². The van der Waals surface area contributed by atoms with Gasteiger partial charge in [0.25, 0.3) is 10.0 Å². The van der Waals surface area contributed by atoms with Crippen LogP contribution in [0.5, 0.6) is 0 Å². The lowest BCUT2D eigenvalue weighted by Crippen LogP contribution is -2.59. The quantitative estimate of drug-likeness (QED) is 0.386. The van der Waals surface area contributed by atoms with Gasteiger partial charge in [0.05, 0.1) is 11.8 Å². The molecular weight excluding hydrogens is 526 g/mol. The Bertz CT molecular complexity index is 1170. The van der Waals surface area contributed by atoms with Gasteiger partial charge in [0, 0.05) is 58.0 Å². The Kier molecular flexibility index (Phi) is 8.48. The number of carbonyl (C=O) groups excluding carboxylic acids is 1. The van der Waals surface area contributed by atoms with Gasteiger partial charge >= 0.3 is 0 Å². The lowest BCUT2D eigenvalue weighted by Gasteiger charge is -2.50. The molecule has 2 aliphatic rings. The van der Waals surface area contributed by atoms with Crippen LogP contribution in [-0.2, 0) is 17.1 Å². The number of hydrogen-bond donors (Lipinski definition) is 0. The van der Waals surface area contributed by atoms with Crippen LogP contribution in [0.25, 0.3) is 0 Å². The van der Waals surface area contributed by atoms with Gasteiger partial charge in [-0.2, -0.15) is 4.31 Å². The molecule has 1 aromatic heterocycles. The summed E-state index contributed by atoms with van der Waals surface area (Å²) in [5.41, 5.74) is -1.41. The molecule has 1 aliphatic carbocycles. The average molecular weight is 554 g/mol. The van der Waals surface area contributed by atoms with Crippen molar-refractivity contribution < 1.29 is 30.8 Å². The average Bonchev–Trinajstić information content (AvgIpc) is 3.26. The van der Waals surface area contributed by atoms with Crippen LogP contribution in [0, 0.1) is 11.6 Å². The first-order valence-electron chi connectivity index (χ1n) is 11.4. The van der Waals surface area contributed by atoms with E-state index in [0.717, 1.165) is 12.1 Å². The van der Waals surface area contributed by atoms with Gasteiger partial charge in [-0.05, 0) is 31.4 Å². The first-order valence-corrected chi connectivity index (χ1v) is 12.8. The molecule has 4 rings (SSSR count). The van der Waals surface area contributed by atoms with Crippen LogP contribution in [-0.4, -0.2) is 76.0 Å². The molecular formula is C22H28ClF4N5O3S. The normalized spacial score (nSPS) is 20.6. The second kappa shape index (κ2) is 10.7. The zero-order chi connectivity index (χ0) is 25.4. The molecule has 0 atom stereocenters. The van der Waals surface area contributed by atoms with E-state index in [2.05, 4.69) is 10.3 Å². The molecule has 14 heteroatoms. The third kappa shape index (κ3) is 5.74. The highest BCUT2D eigenvalue weighted by Crippen LogP contribution is 2.44. The fraction of sp³-hybridized carbons (Fsp3) is 0.591. The Morgan fingerprint density at radius 2 is 1.61 bits per heavy atom. The molecule has 2 aromatic rings. The molecule has 0 bridgehead atoms. The molecule has 0 radical (unpaired) electrons. The topological polar surface area (TPSA) is 88.4 Å². The molecule has 8 nitrogen and oxygen atoms in total. The molecule has 0 spiro atoms. The lowest BCUT2D eigenvalue weighted by atomic mass is 9.74. The predicted octanol–water partition coefficient (Wildman–Crippen LogP) is 3.43. The maximum absolute atomic E-state index is 14.1. The Morgan fingerprint density at radius 3 is 2.14 bits per heavy atom. The maximum Gasteiger partial charge on any atom is 0.264 e. The van der Waals surface area contributed by atoms with Crippen LogP contribution in [0.4, 0.5) is 17.6 Å². The van der Waals surface area contributed by atoms with Gasteiger partial charge < -0.3 is 0 Å². The van der Waals surface area contributed by atoms with Gasteiger partial charge in [0.15, 0.2) is 5.78 Å². The van der Waals surface area contributed by atoms with Crippen molar-refractivity contribution in [2.75, 3.05) is 26.2 Å². The zero-order valence-corrected chi connectivity index (χ0v) is 21.3. The highest BCUT2D eigenvalue weighted by atomic mass is 35.5. The van der Waals surface area contributed by atoms with Crippen LogP contribution in [0.3, 0.4) is 0 Å². The summed E-state index contributed by atoms with van der Waals surface area (Å²) in [4.78, 5) is 14.6. The first-order chi connectivity index (χ1) is 16.4. The lowest BCUT2D eigenvalue weighted by molar-refractivity contribution is -0.0891. The summed E-state index contributed by atoms with van der Waals surface area (Å²) in [7, 11) is -2.29. The number of ketones is 1. The van der Waals surface area contributed by atoms with Crippen molar-refractivity contribution in [1.82, 2.24) is 24.2 Å². The number of piperazine rings is 1. The largest absolute Gasteiger partial charge is 0.295 e. The molecule has 0 amide bonds. The Labute approximate surface area is 213 Å². The van der Waals surface area contributed by atoms with E-state index in [0.29, 0.717) is 0 Å². The number of sulfonamides is 1. The van der Waals surface area contributed by atoms with E-state index in [1.165, 1.54) is 21.3 Å². The van der Waals surface area contributed by atoms with Crippen molar-refractivity contribution in [2.24, 2.45) is 7.05 Å². The molecule has 2 heterocycles. The van der Waals surface area contributed by atoms with Gasteiger partial charge in [-0.15, -0.1) is 17.5 Å². The van der Waals surface area contributed by atoms with Crippen molar-refractivity contribution in [3.63, 3.8) is 0 Å². The summed E-state index contributed by atoms with van der Waals surface area (Å²) in [6.07, 6.45) is 0.711. The van der Waals surface area contributed by atoms with Crippen LogP contribution >= 0.6 is 12.4 Å². The van der Waals surface area contributed by atoms with Crippen molar-refractivity contribution in [3.8, 4) is 0 Å². The van der Waals surface area contributed by atoms with Crippen LogP contribution < -0.4 is 0 Å². The highest BCUT2D eigenvalue weighted by Gasteiger charge is 2.47. The molecule has 36 heavy (non-hydrogen) atoms. The van der Waals surface area contributed by atoms with E-state index in [-0.39, 0.29) is 82.1 Å². The van der Waals surface area contributed by atoms with Crippen LogP contribution in [0.2, 0.25) is 0 Å². The summed E-state index contributed by atoms with van der Waals surface area (Å²) >= 11 is 0. The molecule has 1 saturated carbocycles. The van der Waals surface area contributed by atoms with Gasteiger partial charge in [0.1, 0.15) is 11.6 Å². The third-order valence-electron chi connectivity index (χ3n) is 7.07. The predicted molar refractivity (Wildman–Crippen MR) is 125 cm³/mol. The summed E-state index contributed by atoms with van der Waals surface area (Å²) < 4.78 is 84.4. The van der Waals surface area contributed by atoms with Crippen LogP contribution in [0.15, 0.2) is 29.4 Å². The van der Waals surface area contributed by atoms with Crippen molar-refractivity contribution in [1.29, 1.82) is 0 Å². The van der Waals surface area contributed by atoms with E-state index in [1.54, 1.807) is 7.05 Å². The fourth-order valence-corrected chi connectivity index (χ4v) is 6.35. The second-order valence-corrected chi connectivity index (χ2v) is 11.1. The second-order valence-electron chi connectivity index (χ2n) is 9.22. The van der Waals surface area contributed by atoms with E-state index in [1.807, 2.05) is 4.90 Å². The van der Waals surface area contributed by atoms with Crippen molar-refractivity contribution >= 4 is 28.2 Å². The number of rotatable bonds is 7. The standard InChI is InChI=1S/C22H27F4N5O3S.ClH/c1-29-15-19(27-28-29)35(33,34)31-13-11-30(12-14-31)21(7-9-22(25,26)10-8-21)6-5-18(32)20-16(23)3-2-4-17(20)24;/h2-4,15H,5-14H2,1H3;1H. The third-order valence-corrected chi connectivity index (χ3v) is 8.83. The summed E-state index contributed by atoms with van der Waals surface area (Å²) in [6.45, 7) is 0.778. The van der Waals surface area contributed by atoms with Gasteiger partial charge in [-0.1, -0.05) is 11.3 Å². The van der Waals surface area contributed by atoms with Gasteiger partial charge in [0.2, 0.25) is 10.9 Å². The number of Topliss-reactive ketones (excluding diaryl/α,β-unsaturated/α-hetero) is 1. The minimum Gasteiger partial charge on any atom is -0.295 e. The molecule has 2 fully saturated rings. The number of aromatic nitrogens is 3. The summed E-state index contributed by atoms with van der Waals surface area (Å²) in [6, 6.07) is 3.18. The van der Waals surface area contributed by atoms with E-state index in [4.69, 9.17) is 0 Å². The molecule has 0 N–H and O–H groups in total. The summed E-state index contributed by atoms with van der Waals surface area (Å²) in [5, 5.41) is 7.18. The SMILES string of the molecule is Cl.Cn1cc(S(=O)(=O)N2CCN(C3(CCC(=O)c4c(F)cccc4F)CCC(F)(F)CC3)CC2)nn1. The molecule has 1 aromatic carbocycles. The van der Waals surface area contributed by atoms with Gasteiger partial charge in [-0.3, -0.25) is 14.4 Å². The van der Waals surface area contributed by atoms with E-state index in [9.17, 15) is 30.8 Å². The fourth-order valence-electron chi connectivity index (χ4n) is 5.02. The number of halogens is 5. The number of alkyl halides is 2. The zero-order valence-electron chi connectivity index (χ0n) is 19.7. The molecule has 1 aliphatic heterocycles. The summed E-state index contributed by atoms with van der Waals surface area (Å²) in [5.74, 6) is -5.45. The van der Waals surface area contributed by atoms with E-state index < -0.39 is 44.5 Å². The monoisotopic (exact) mass is 553 g/mol. The molecule has 0 unspecified atom stereocenters. The number of carbonyl (C=O) groups is 1. The number of hydrogen-bond acceptors (Lipinski definition) is 6. The maximum atomic E-state index is 14.1. The first kappa shape index (κ1) is 28.5. The molecule has 200 valence electrons. The Hall–Kier alpha value is -2.09. The van der Waals surface area contributed by atoms with E-state index >= 15 is 0 Å². The Balaban J connectivity index is 0.00000361. The Morgan fingerprint density at radius 1 is 1.03 bits per heavy atom.